The first-order valence-corrected chi connectivity index (χ1v) is 3.97. The Hall–Kier alpha value is -0.930. The summed E-state index contributed by atoms with van der Waals surface area (Å²) in [5.74, 6) is -0.180. The Morgan fingerprint density at radius 3 is 2.50 bits per heavy atom. The highest BCUT2D eigenvalue weighted by molar-refractivity contribution is 5.16. The Morgan fingerprint density at radius 2 is 1.92 bits per heavy atom. The van der Waals surface area contributed by atoms with Gasteiger partial charge in [-0.3, -0.25) is 10.9 Å². The third-order valence-electron chi connectivity index (χ3n) is 1.63. The number of hydrazine groups is 1. The first-order chi connectivity index (χ1) is 5.83. The summed E-state index contributed by atoms with van der Waals surface area (Å²) < 4.78 is 12.4. The van der Waals surface area contributed by atoms with Crippen molar-refractivity contribution in [3.8, 4) is 0 Å². The fraction of sp³-hybridized carbons (Fsp3) is 0.333. The maximum atomic E-state index is 12.4. The Morgan fingerprint density at radius 1 is 1.25 bits per heavy atom. The molecule has 0 unspecified atom stereocenters. The number of rotatable bonds is 4. The maximum Gasteiger partial charge on any atom is 0.123 e. The van der Waals surface area contributed by atoms with Gasteiger partial charge in [-0.1, -0.05) is 12.1 Å². The summed E-state index contributed by atoms with van der Waals surface area (Å²) in [5.41, 5.74) is 6.93. The highest BCUT2D eigenvalue weighted by Crippen LogP contribution is 2.02. The van der Waals surface area contributed by atoms with Crippen LogP contribution in [0.1, 0.15) is 5.56 Å². The van der Waals surface area contributed by atoms with Crippen LogP contribution in [0.3, 0.4) is 0 Å². The zero-order valence-electron chi connectivity index (χ0n) is 7.10. The monoisotopic (exact) mass is 168 g/mol. The van der Waals surface area contributed by atoms with E-state index in [9.17, 15) is 4.39 Å². The molecule has 0 saturated heterocycles. The summed E-state index contributed by atoms with van der Waals surface area (Å²) in [7, 11) is 1.82. The van der Waals surface area contributed by atoms with Crippen molar-refractivity contribution in [3.05, 3.63) is 35.6 Å². The van der Waals surface area contributed by atoms with Crippen molar-refractivity contribution in [1.82, 2.24) is 10.9 Å². The molecule has 1 aromatic rings. The van der Waals surface area contributed by atoms with E-state index in [1.54, 1.807) is 12.1 Å². The first-order valence-electron chi connectivity index (χ1n) is 3.97. The SMILES string of the molecule is CNNCCc1ccc(F)cc1. The predicted molar refractivity (Wildman–Crippen MR) is 47.2 cm³/mol. The Kier molecular flexibility index (Phi) is 3.70. The van der Waals surface area contributed by atoms with Crippen LogP contribution in [0.4, 0.5) is 4.39 Å². The Labute approximate surface area is 71.8 Å². The minimum Gasteiger partial charge on any atom is -0.261 e. The molecule has 0 aromatic heterocycles. The van der Waals surface area contributed by atoms with E-state index in [4.69, 9.17) is 0 Å². The molecule has 3 heteroatoms. The second-order valence-corrected chi connectivity index (χ2v) is 2.55. The van der Waals surface area contributed by atoms with Gasteiger partial charge in [0, 0.05) is 6.54 Å². The van der Waals surface area contributed by atoms with Crippen LogP contribution in [0.15, 0.2) is 24.3 Å². The lowest BCUT2D eigenvalue weighted by Gasteiger charge is -2.02. The van der Waals surface area contributed by atoms with Gasteiger partial charge >= 0.3 is 0 Å². The van der Waals surface area contributed by atoms with E-state index in [1.165, 1.54) is 12.1 Å². The van der Waals surface area contributed by atoms with E-state index in [-0.39, 0.29) is 5.82 Å². The maximum absolute atomic E-state index is 12.4. The number of benzene rings is 1. The molecule has 0 atom stereocenters. The Balaban J connectivity index is 2.37. The summed E-state index contributed by atoms with van der Waals surface area (Å²) in [6.07, 6.45) is 0.904. The van der Waals surface area contributed by atoms with E-state index in [0.717, 1.165) is 18.5 Å². The molecular weight excluding hydrogens is 155 g/mol. The summed E-state index contributed by atoms with van der Waals surface area (Å²) in [6, 6.07) is 6.56. The minimum atomic E-state index is -0.180. The second-order valence-electron chi connectivity index (χ2n) is 2.55. The van der Waals surface area contributed by atoms with Gasteiger partial charge in [-0.15, -0.1) is 0 Å². The van der Waals surface area contributed by atoms with Gasteiger partial charge in [-0.25, -0.2) is 4.39 Å². The third-order valence-corrected chi connectivity index (χ3v) is 1.63. The van der Waals surface area contributed by atoms with Crippen LogP contribution < -0.4 is 10.9 Å². The van der Waals surface area contributed by atoms with Crippen molar-refractivity contribution in [2.24, 2.45) is 0 Å². The van der Waals surface area contributed by atoms with Crippen LogP contribution in [0, 0.1) is 5.82 Å². The molecule has 0 heterocycles. The molecule has 66 valence electrons. The molecule has 0 aliphatic rings. The zero-order valence-corrected chi connectivity index (χ0v) is 7.10. The lowest BCUT2D eigenvalue weighted by molar-refractivity contribution is 0.596. The third kappa shape index (κ3) is 2.98. The van der Waals surface area contributed by atoms with Crippen LogP contribution in [0.5, 0.6) is 0 Å². The standard InChI is InChI=1S/C9H13FN2/c1-11-12-7-6-8-2-4-9(10)5-3-8/h2-5,11-12H,6-7H2,1H3. The molecule has 1 rings (SSSR count). The number of halogens is 1. The van der Waals surface area contributed by atoms with Gasteiger partial charge in [0.05, 0.1) is 0 Å². The molecule has 2 N–H and O–H groups in total. The van der Waals surface area contributed by atoms with Crippen molar-refractivity contribution >= 4 is 0 Å². The first kappa shape index (κ1) is 9.16. The molecule has 12 heavy (non-hydrogen) atoms. The predicted octanol–water partition coefficient (Wildman–Crippen LogP) is 1.09. The molecule has 0 bridgehead atoms. The summed E-state index contributed by atoms with van der Waals surface area (Å²) in [4.78, 5) is 0. The van der Waals surface area contributed by atoms with Crippen molar-refractivity contribution in [3.63, 3.8) is 0 Å². The molecule has 2 nitrogen and oxygen atoms in total. The summed E-state index contributed by atoms with van der Waals surface area (Å²) >= 11 is 0. The van der Waals surface area contributed by atoms with Gasteiger partial charge in [0.2, 0.25) is 0 Å². The van der Waals surface area contributed by atoms with Gasteiger partial charge in [0.25, 0.3) is 0 Å². The largest absolute Gasteiger partial charge is 0.261 e. The summed E-state index contributed by atoms with van der Waals surface area (Å²) in [6.45, 7) is 0.849. The lowest BCUT2D eigenvalue weighted by Crippen LogP contribution is -2.29. The van der Waals surface area contributed by atoms with Crippen molar-refractivity contribution in [2.45, 2.75) is 6.42 Å². The molecule has 0 radical (unpaired) electrons. The van der Waals surface area contributed by atoms with Gasteiger partial charge in [0.15, 0.2) is 0 Å². The number of hydrogen-bond donors (Lipinski definition) is 2. The molecule has 0 spiro atoms. The van der Waals surface area contributed by atoms with Gasteiger partial charge in [0.1, 0.15) is 5.82 Å². The smallest absolute Gasteiger partial charge is 0.123 e. The fourth-order valence-electron chi connectivity index (χ4n) is 0.983. The Bertz CT molecular complexity index is 220. The van der Waals surface area contributed by atoms with Crippen LogP contribution in [-0.2, 0) is 6.42 Å². The molecule has 0 amide bonds. The van der Waals surface area contributed by atoms with Crippen molar-refractivity contribution < 1.29 is 4.39 Å². The van der Waals surface area contributed by atoms with E-state index >= 15 is 0 Å². The zero-order chi connectivity index (χ0) is 8.81. The van der Waals surface area contributed by atoms with E-state index in [0.29, 0.717) is 0 Å². The van der Waals surface area contributed by atoms with Gasteiger partial charge < -0.3 is 0 Å². The van der Waals surface area contributed by atoms with Crippen LogP contribution in [0.25, 0.3) is 0 Å². The molecule has 0 saturated carbocycles. The highest BCUT2D eigenvalue weighted by atomic mass is 19.1. The van der Waals surface area contributed by atoms with E-state index in [1.807, 2.05) is 7.05 Å². The molecule has 0 fully saturated rings. The summed E-state index contributed by atoms with van der Waals surface area (Å²) in [5, 5.41) is 0. The molecule has 0 aliphatic heterocycles. The van der Waals surface area contributed by atoms with Gasteiger partial charge in [-0.2, -0.15) is 0 Å². The molecule has 0 aliphatic carbocycles. The van der Waals surface area contributed by atoms with Crippen molar-refractivity contribution in [1.29, 1.82) is 0 Å². The average molecular weight is 168 g/mol. The van der Waals surface area contributed by atoms with E-state index in [2.05, 4.69) is 10.9 Å². The second kappa shape index (κ2) is 4.85. The lowest BCUT2D eigenvalue weighted by atomic mass is 10.1. The highest BCUT2D eigenvalue weighted by Gasteiger charge is 1.92. The van der Waals surface area contributed by atoms with Crippen LogP contribution in [0.2, 0.25) is 0 Å². The number of hydrogen-bond acceptors (Lipinski definition) is 2. The molecular formula is C9H13FN2. The van der Waals surface area contributed by atoms with Crippen LogP contribution >= 0.6 is 0 Å². The molecule has 1 aromatic carbocycles. The minimum absolute atomic E-state index is 0.180. The van der Waals surface area contributed by atoms with Crippen LogP contribution in [-0.4, -0.2) is 13.6 Å². The van der Waals surface area contributed by atoms with Crippen molar-refractivity contribution in [2.75, 3.05) is 13.6 Å². The quantitative estimate of drug-likeness (QED) is 0.519. The topological polar surface area (TPSA) is 24.1 Å². The fourth-order valence-corrected chi connectivity index (χ4v) is 0.983. The van der Waals surface area contributed by atoms with E-state index < -0.39 is 0 Å². The average Bonchev–Trinajstić information content (AvgIpc) is 2.09. The van der Waals surface area contributed by atoms with Gasteiger partial charge in [-0.05, 0) is 31.2 Å². The normalized spacial score (nSPS) is 10.2. The number of nitrogens with one attached hydrogen (secondary N) is 2.